The maximum absolute atomic E-state index is 12.0. The van der Waals surface area contributed by atoms with E-state index in [0.717, 1.165) is 55.3 Å². The van der Waals surface area contributed by atoms with Gasteiger partial charge in [-0.2, -0.15) is 0 Å². The van der Waals surface area contributed by atoms with Crippen LogP contribution in [0.25, 0.3) is 0 Å². The highest BCUT2D eigenvalue weighted by Gasteiger charge is 2.62. The molecule has 0 radical (unpaired) electrons. The van der Waals surface area contributed by atoms with E-state index in [2.05, 4.69) is 6.92 Å². The number of aliphatic hydroxyl groups excluding tert-OH is 1. The summed E-state index contributed by atoms with van der Waals surface area (Å²) in [6.45, 7) is 2.58. The fraction of sp³-hybridized carbons (Fsp3) is 0.955. The molecule has 0 bridgehead atoms. The molecule has 0 amide bonds. The largest absolute Gasteiger partial charge is 0.393 e. The smallest absolute Gasteiger partial charge is 0.133 e. The molecular weight excluding hydrogens is 296 g/mol. The van der Waals surface area contributed by atoms with Gasteiger partial charge >= 0.3 is 0 Å². The number of aliphatic hydroxyl groups is 1. The van der Waals surface area contributed by atoms with Gasteiger partial charge in [0, 0.05) is 12.8 Å². The Morgan fingerprint density at radius 3 is 2.62 bits per heavy atom. The van der Waals surface area contributed by atoms with Crippen molar-refractivity contribution >= 4 is 5.78 Å². The lowest BCUT2D eigenvalue weighted by Gasteiger charge is -2.62. The van der Waals surface area contributed by atoms with Crippen LogP contribution in [0.4, 0.5) is 0 Å². The SMILES string of the molecule is C[C@]12CC[C@@H](O)C[C@H]1CC[C@@H]1[C@@H]2CC[C@@]23CCC(=O)C[C@H]2CC[C@@H]13. The Balaban J connectivity index is 1.44. The minimum atomic E-state index is -0.0326. The maximum Gasteiger partial charge on any atom is 0.133 e. The average molecular weight is 331 g/mol. The summed E-state index contributed by atoms with van der Waals surface area (Å²) in [5.41, 5.74) is 1.04. The molecule has 0 unspecified atom stereocenters. The van der Waals surface area contributed by atoms with Crippen LogP contribution < -0.4 is 0 Å². The lowest BCUT2D eigenvalue weighted by atomic mass is 9.43. The van der Waals surface area contributed by atoms with Gasteiger partial charge in [-0.05, 0) is 105 Å². The maximum atomic E-state index is 12.0. The van der Waals surface area contributed by atoms with Crippen LogP contribution in [0.5, 0.6) is 0 Å². The standard InChI is InChI=1S/C22H34O2/c1-21-9-6-16(23)12-14(21)2-4-18-19(21)8-11-22-10-7-17(24)13-15(22)3-5-20(18)22/h14-16,18-20,23H,2-13H2,1H3/t14-,15-,16-,18-,19+,20+,21+,22+/m1/s1. The zero-order valence-corrected chi connectivity index (χ0v) is 15.3. The molecule has 5 aliphatic rings. The molecule has 5 rings (SSSR count). The first-order valence-corrected chi connectivity index (χ1v) is 10.7. The van der Waals surface area contributed by atoms with Crippen molar-refractivity contribution in [2.24, 2.45) is 40.4 Å². The van der Waals surface area contributed by atoms with Crippen molar-refractivity contribution in [3.8, 4) is 0 Å². The first-order chi connectivity index (χ1) is 11.5. The molecule has 24 heavy (non-hydrogen) atoms. The second-order valence-corrected chi connectivity index (χ2v) is 10.4. The summed E-state index contributed by atoms with van der Waals surface area (Å²) >= 11 is 0. The third kappa shape index (κ3) is 2.01. The lowest BCUT2D eigenvalue weighted by molar-refractivity contribution is -0.144. The van der Waals surface area contributed by atoms with Crippen molar-refractivity contribution in [1.29, 1.82) is 0 Å². The first-order valence-electron chi connectivity index (χ1n) is 10.7. The van der Waals surface area contributed by atoms with Crippen LogP contribution in [0, 0.1) is 40.4 Å². The van der Waals surface area contributed by atoms with E-state index in [4.69, 9.17) is 0 Å². The van der Waals surface area contributed by atoms with E-state index >= 15 is 0 Å². The number of hydrogen-bond acceptors (Lipinski definition) is 2. The minimum absolute atomic E-state index is 0.0326. The Kier molecular flexibility index (Phi) is 3.51. The number of Topliss-reactive ketones (excluding diaryl/α,β-unsaturated/α-hetero) is 1. The summed E-state index contributed by atoms with van der Waals surface area (Å²) in [5, 5.41) is 10.2. The van der Waals surface area contributed by atoms with Crippen LogP contribution in [0.1, 0.15) is 84.0 Å². The van der Waals surface area contributed by atoms with Crippen LogP contribution in [-0.2, 0) is 4.79 Å². The number of carbonyl (C=O) groups is 1. The molecular formula is C22H34O2. The predicted molar refractivity (Wildman–Crippen MR) is 94.4 cm³/mol. The third-order valence-corrected chi connectivity index (χ3v) is 9.88. The number of carbonyl (C=O) groups excluding carboxylic acids is 1. The van der Waals surface area contributed by atoms with E-state index in [0.29, 0.717) is 16.6 Å². The zero-order chi connectivity index (χ0) is 16.5. The fourth-order valence-corrected chi connectivity index (χ4v) is 8.72. The van der Waals surface area contributed by atoms with E-state index in [1.54, 1.807) is 0 Å². The fourth-order valence-electron chi connectivity index (χ4n) is 8.72. The van der Waals surface area contributed by atoms with E-state index in [9.17, 15) is 9.90 Å². The summed E-state index contributed by atoms with van der Waals surface area (Å²) < 4.78 is 0. The normalized spacial score (nSPS) is 56.8. The van der Waals surface area contributed by atoms with Gasteiger partial charge in [-0.3, -0.25) is 4.79 Å². The molecule has 0 aliphatic heterocycles. The molecule has 8 atom stereocenters. The number of hydrogen-bond donors (Lipinski definition) is 1. The van der Waals surface area contributed by atoms with Gasteiger partial charge in [0.15, 0.2) is 0 Å². The second kappa shape index (κ2) is 5.32. The van der Waals surface area contributed by atoms with Crippen LogP contribution in [0.2, 0.25) is 0 Å². The van der Waals surface area contributed by atoms with Gasteiger partial charge in [-0.15, -0.1) is 0 Å². The third-order valence-electron chi connectivity index (χ3n) is 9.88. The summed E-state index contributed by atoms with van der Waals surface area (Å²) in [6.07, 6.45) is 14.6. The van der Waals surface area contributed by atoms with Gasteiger partial charge in [-0.1, -0.05) is 6.92 Å². The highest BCUT2D eigenvalue weighted by Crippen LogP contribution is 2.69. The van der Waals surface area contributed by atoms with E-state index in [1.165, 1.54) is 51.4 Å². The molecule has 1 spiro atoms. The van der Waals surface area contributed by atoms with Crippen LogP contribution in [0.3, 0.4) is 0 Å². The highest BCUT2D eigenvalue weighted by molar-refractivity contribution is 5.79. The van der Waals surface area contributed by atoms with Gasteiger partial charge in [-0.25, -0.2) is 0 Å². The second-order valence-electron chi connectivity index (χ2n) is 10.4. The van der Waals surface area contributed by atoms with Crippen molar-refractivity contribution in [2.45, 2.75) is 90.1 Å². The molecule has 0 aromatic carbocycles. The van der Waals surface area contributed by atoms with Gasteiger partial charge < -0.3 is 5.11 Å². The molecule has 0 aromatic heterocycles. The Hall–Kier alpha value is -0.370. The van der Waals surface area contributed by atoms with Crippen molar-refractivity contribution in [3.63, 3.8) is 0 Å². The minimum Gasteiger partial charge on any atom is -0.393 e. The molecule has 0 aromatic rings. The number of fused-ring (bicyclic) bond motifs is 4. The van der Waals surface area contributed by atoms with Gasteiger partial charge in [0.1, 0.15) is 5.78 Å². The molecule has 0 saturated heterocycles. The van der Waals surface area contributed by atoms with Crippen molar-refractivity contribution in [1.82, 2.24) is 0 Å². The Morgan fingerprint density at radius 1 is 0.917 bits per heavy atom. The summed E-state index contributed by atoms with van der Waals surface area (Å²) in [5.74, 6) is 4.78. The summed E-state index contributed by atoms with van der Waals surface area (Å²) in [4.78, 5) is 12.0. The van der Waals surface area contributed by atoms with Crippen molar-refractivity contribution < 1.29 is 9.90 Å². The number of rotatable bonds is 0. The molecule has 2 nitrogen and oxygen atoms in total. The predicted octanol–water partition coefficient (Wildman–Crippen LogP) is 4.74. The van der Waals surface area contributed by atoms with Gasteiger partial charge in [0.2, 0.25) is 0 Å². The van der Waals surface area contributed by atoms with Crippen LogP contribution in [0.15, 0.2) is 0 Å². The monoisotopic (exact) mass is 330 g/mol. The van der Waals surface area contributed by atoms with Crippen LogP contribution >= 0.6 is 0 Å². The molecule has 134 valence electrons. The van der Waals surface area contributed by atoms with Crippen LogP contribution in [-0.4, -0.2) is 17.0 Å². The highest BCUT2D eigenvalue weighted by atomic mass is 16.3. The first kappa shape index (κ1) is 15.9. The molecule has 5 aliphatic carbocycles. The molecule has 1 N–H and O–H groups in total. The average Bonchev–Trinajstić information content (AvgIpc) is 2.94. The van der Waals surface area contributed by atoms with Gasteiger partial charge in [0.25, 0.3) is 0 Å². The van der Waals surface area contributed by atoms with E-state index in [1.807, 2.05) is 0 Å². The lowest BCUT2D eigenvalue weighted by Crippen LogP contribution is -2.55. The topological polar surface area (TPSA) is 37.3 Å². The summed E-state index contributed by atoms with van der Waals surface area (Å²) in [6, 6.07) is 0. The quantitative estimate of drug-likeness (QED) is 0.696. The Morgan fingerprint density at radius 2 is 1.75 bits per heavy atom. The molecule has 5 fully saturated rings. The molecule has 0 heterocycles. The molecule has 5 saturated carbocycles. The summed E-state index contributed by atoms with van der Waals surface area (Å²) in [7, 11) is 0. The molecule has 2 heteroatoms. The zero-order valence-electron chi connectivity index (χ0n) is 15.3. The van der Waals surface area contributed by atoms with E-state index < -0.39 is 0 Å². The van der Waals surface area contributed by atoms with E-state index in [-0.39, 0.29) is 6.10 Å². The Labute approximate surface area is 146 Å². The van der Waals surface area contributed by atoms with Gasteiger partial charge in [0.05, 0.1) is 6.10 Å². The van der Waals surface area contributed by atoms with Crippen molar-refractivity contribution in [2.75, 3.05) is 0 Å². The number of ketones is 1. The Bertz CT molecular complexity index is 542. The van der Waals surface area contributed by atoms with Crippen molar-refractivity contribution in [3.05, 3.63) is 0 Å².